The molecule has 1 N–H and O–H groups in total. The molecule has 1 nitrogen and oxygen atoms in total. The minimum Gasteiger partial charge on any atom is -0.379 e. The van der Waals surface area contributed by atoms with E-state index in [0.717, 1.165) is 11.1 Å². The van der Waals surface area contributed by atoms with Crippen molar-refractivity contribution in [1.29, 1.82) is 0 Å². The highest BCUT2D eigenvalue weighted by Crippen LogP contribution is 2.19. The predicted octanol–water partition coefficient (Wildman–Crippen LogP) is 4.65. The zero-order valence-corrected chi connectivity index (χ0v) is 11.4. The maximum Gasteiger partial charge on any atom is 0.146 e. The van der Waals surface area contributed by atoms with E-state index in [-0.39, 0.29) is 11.6 Å². The summed E-state index contributed by atoms with van der Waals surface area (Å²) in [6.07, 6.45) is 0. The highest BCUT2D eigenvalue weighted by atomic mass is 79.9. The van der Waals surface area contributed by atoms with Crippen molar-refractivity contribution in [3.8, 4) is 0 Å². The number of anilines is 1. The predicted molar refractivity (Wildman–Crippen MR) is 72.6 cm³/mol. The SMILES string of the molecule is Cc1ccc(F)c(NCc2ccc(Br)c(F)c2)c1. The van der Waals surface area contributed by atoms with Gasteiger partial charge in [-0.1, -0.05) is 12.1 Å². The first-order valence-electron chi connectivity index (χ1n) is 5.50. The summed E-state index contributed by atoms with van der Waals surface area (Å²) in [7, 11) is 0. The molecule has 2 aromatic carbocycles. The van der Waals surface area contributed by atoms with Gasteiger partial charge < -0.3 is 5.32 Å². The van der Waals surface area contributed by atoms with Gasteiger partial charge in [0.25, 0.3) is 0 Å². The second-order valence-corrected chi connectivity index (χ2v) is 4.94. The van der Waals surface area contributed by atoms with Gasteiger partial charge in [0.05, 0.1) is 10.2 Å². The van der Waals surface area contributed by atoms with Gasteiger partial charge in [-0.3, -0.25) is 0 Å². The first kappa shape index (κ1) is 13.0. The van der Waals surface area contributed by atoms with Crippen LogP contribution in [-0.2, 0) is 6.54 Å². The molecule has 0 saturated carbocycles. The Morgan fingerprint density at radius 2 is 1.83 bits per heavy atom. The van der Waals surface area contributed by atoms with Gasteiger partial charge in [0.2, 0.25) is 0 Å². The van der Waals surface area contributed by atoms with Crippen molar-refractivity contribution in [3.63, 3.8) is 0 Å². The van der Waals surface area contributed by atoms with Gasteiger partial charge in [-0.05, 0) is 58.2 Å². The van der Waals surface area contributed by atoms with Crippen molar-refractivity contribution in [2.24, 2.45) is 0 Å². The number of hydrogen-bond donors (Lipinski definition) is 1. The van der Waals surface area contributed by atoms with Crippen LogP contribution in [0.4, 0.5) is 14.5 Å². The maximum absolute atomic E-state index is 13.5. The van der Waals surface area contributed by atoms with E-state index < -0.39 is 0 Å². The summed E-state index contributed by atoms with van der Waals surface area (Å²) in [6.45, 7) is 2.27. The van der Waals surface area contributed by atoms with E-state index in [9.17, 15) is 8.78 Å². The third-order valence-electron chi connectivity index (χ3n) is 2.59. The molecular formula is C14H12BrF2N. The van der Waals surface area contributed by atoms with E-state index in [4.69, 9.17) is 0 Å². The van der Waals surface area contributed by atoms with E-state index in [1.54, 1.807) is 24.3 Å². The molecule has 2 rings (SSSR count). The Morgan fingerprint density at radius 3 is 2.56 bits per heavy atom. The van der Waals surface area contributed by atoms with Crippen LogP contribution in [0.1, 0.15) is 11.1 Å². The molecule has 0 atom stereocenters. The normalized spacial score (nSPS) is 10.4. The van der Waals surface area contributed by atoms with Crippen molar-refractivity contribution in [2.75, 3.05) is 5.32 Å². The van der Waals surface area contributed by atoms with Crippen molar-refractivity contribution < 1.29 is 8.78 Å². The van der Waals surface area contributed by atoms with Crippen LogP contribution in [0.5, 0.6) is 0 Å². The summed E-state index contributed by atoms with van der Waals surface area (Å²) in [4.78, 5) is 0. The molecule has 0 unspecified atom stereocenters. The van der Waals surface area contributed by atoms with Crippen LogP contribution in [0.15, 0.2) is 40.9 Å². The van der Waals surface area contributed by atoms with E-state index >= 15 is 0 Å². The zero-order chi connectivity index (χ0) is 13.1. The van der Waals surface area contributed by atoms with Gasteiger partial charge in [-0.2, -0.15) is 0 Å². The number of benzene rings is 2. The fourth-order valence-electron chi connectivity index (χ4n) is 1.62. The Hall–Kier alpha value is -1.42. The lowest BCUT2D eigenvalue weighted by Crippen LogP contribution is -2.02. The molecule has 0 aliphatic heterocycles. The molecule has 0 fully saturated rings. The van der Waals surface area contributed by atoms with Gasteiger partial charge in [0.15, 0.2) is 0 Å². The lowest BCUT2D eigenvalue weighted by atomic mass is 10.2. The highest BCUT2D eigenvalue weighted by Gasteiger charge is 2.04. The second-order valence-electron chi connectivity index (χ2n) is 4.09. The Labute approximate surface area is 113 Å². The molecule has 0 aliphatic carbocycles. The van der Waals surface area contributed by atoms with Crippen LogP contribution in [0, 0.1) is 18.6 Å². The molecular weight excluding hydrogens is 300 g/mol. The average molecular weight is 312 g/mol. The molecule has 0 bridgehead atoms. The Kier molecular flexibility index (Phi) is 3.97. The van der Waals surface area contributed by atoms with Crippen molar-refractivity contribution in [1.82, 2.24) is 0 Å². The number of aryl methyl sites for hydroxylation is 1. The minimum atomic E-state index is -0.320. The zero-order valence-electron chi connectivity index (χ0n) is 9.81. The molecule has 0 aliphatic rings. The third kappa shape index (κ3) is 3.07. The van der Waals surface area contributed by atoms with Crippen LogP contribution < -0.4 is 5.32 Å². The van der Waals surface area contributed by atoms with Crippen LogP contribution in [-0.4, -0.2) is 0 Å². The van der Waals surface area contributed by atoms with Crippen molar-refractivity contribution >= 4 is 21.6 Å². The van der Waals surface area contributed by atoms with E-state index in [1.807, 2.05) is 6.92 Å². The summed E-state index contributed by atoms with van der Waals surface area (Å²) >= 11 is 3.09. The van der Waals surface area contributed by atoms with E-state index in [1.165, 1.54) is 12.1 Å². The summed E-state index contributed by atoms with van der Waals surface area (Å²) < 4.78 is 27.2. The van der Waals surface area contributed by atoms with Crippen LogP contribution in [0.25, 0.3) is 0 Å². The second kappa shape index (κ2) is 5.48. The molecule has 18 heavy (non-hydrogen) atoms. The topological polar surface area (TPSA) is 12.0 Å². The minimum absolute atomic E-state index is 0.307. The Morgan fingerprint density at radius 1 is 1.06 bits per heavy atom. The standard InChI is InChI=1S/C14H12BrF2N/c1-9-2-5-12(16)14(6-9)18-8-10-3-4-11(15)13(17)7-10/h2-7,18H,8H2,1H3. The van der Waals surface area contributed by atoms with Gasteiger partial charge in [-0.15, -0.1) is 0 Å². The van der Waals surface area contributed by atoms with Crippen LogP contribution in [0.2, 0.25) is 0 Å². The Balaban J connectivity index is 2.11. The fraction of sp³-hybridized carbons (Fsp3) is 0.143. The molecule has 0 saturated heterocycles. The lowest BCUT2D eigenvalue weighted by molar-refractivity contribution is 0.618. The molecule has 2 aromatic rings. The third-order valence-corrected chi connectivity index (χ3v) is 3.23. The summed E-state index contributed by atoms with van der Waals surface area (Å²) in [6, 6.07) is 9.70. The average Bonchev–Trinajstić information content (AvgIpc) is 2.34. The van der Waals surface area contributed by atoms with E-state index in [2.05, 4.69) is 21.2 Å². The van der Waals surface area contributed by atoms with Gasteiger partial charge in [0, 0.05) is 6.54 Å². The van der Waals surface area contributed by atoms with Crippen molar-refractivity contribution in [3.05, 3.63) is 63.6 Å². The summed E-state index contributed by atoms with van der Waals surface area (Å²) in [5, 5.41) is 2.96. The Bertz CT molecular complexity index is 570. The summed E-state index contributed by atoms with van der Waals surface area (Å²) in [5.41, 5.74) is 2.16. The van der Waals surface area contributed by atoms with Crippen LogP contribution in [0.3, 0.4) is 0 Å². The smallest absolute Gasteiger partial charge is 0.146 e. The first-order chi connectivity index (χ1) is 8.56. The monoisotopic (exact) mass is 311 g/mol. The summed E-state index contributed by atoms with van der Waals surface area (Å²) in [5.74, 6) is -0.628. The molecule has 0 aromatic heterocycles. The number of halogens is 3. The fourth-order valence-corrected chi connectivity index (χ4v) is 1.87. The first-order valence-corrected chi connectivity index (χ1v) is 6.29. The molecule has 0 amide bonds. The van der Waals surface area contributed by atoms with Gasteiger partial charge >= 0.3 is 0 Å². The quantitative estimate of drug-likeness (QED) is 0.870. The molecule has 4 heteroatoms. The molecule has 94 valence electrons. The largest absolute Gasteiger partial charge is 0.379 e. The highest BCUT2D eigenvalue weighted by molar-refractivity contribution is 9.10. The van der Waals surface area contributed by atoms with Crippen molar-refractivity contribution in [2.45, 2.75) is 13.5 Å². The van der Waals surface area contributed by atoms with Gasteiger partial charge in [-0.25, -0.2) is 8.78 Å². The van der Waals surface area contributed by atoms with Gasteiger partial charge in [0.1, 0.15) is 11.6 Å². The molecule has 0 heterocycles. The number of rotatable bonds is 3. The van der Waals surface area contributed by atoms with E-state index in [0.29, 0.717) is 16.7 Å². The number of hydrogen-bond acceptors (Lipinski definition) is 1. The van der Waals surface area contributed by atoms with Crippen LogP contribution >= 0.6 is 15.9 Å². The number of nitrogens with one attached hydrogen (secondary N) is 1. The lowest BCUT2D eigenvalue weighted by Gasteiger charge is -2.09. The maximum atomic E-state index is 13.5. The molecule has 0 spiro atoms. The molecule has 0 radical (unpaired) electrons.